The van der Waals surface area contributed by atoms with Gasteiger partial charge in [-0.1, -0.05) is 23.7 Å². The summed E-state index contributed by atoms with van der Waals surface area (Å²) in [6.45, 7) is 0.998. The van der Waals surface area contributed by atoms with E-state index in [4.69, 9.17) is 17.3 Å². The van der Waals surface area contributed by atoms with E-state index in [2.05, 4.69) is 9.98 Å². The number of halogens is 1. The van der Waals surface area contributed by atoms with Crippen LogP contribution in [0.3, 0.4) is 0 Å². The Morgan fingerprint density at radius 2 is 2.09 bits per heavy atom. The molecule has 1 aliphatic rings. The summed E-state index contributed by atoms with van der Waals surface area (Å²) in [7, 11) is 1.68. The van der Waals surface area contributed by atoms with Crippen LogP contribution in [0.4, 0.5) is 0 Å². The number of nitrogens with two attached hydrogens (primary N) is 1. The molecule has 0 saturated carbocycles. The van der Waals surface area contributed by atoms with Crippen molar-refractivity contribution in [3.63, 3.8) is 0 Å². The highest BCUT2D eigenvalue weighted by atomic mass is 35.5. The van der Waals surface area contributed by atoms with Crippen LogP contribution in [0, 0.1) is 0 Å². The van der Waals surface area contributed by atoms with Gasteiger partial charge in [-0.25, -0.2) is 4.98 Å². The predicted molar refractivity (Wildman–Crippen MR) is 128 cm³/mol. The number of likely N-dealkylation sites (tertiary alicyclic amines) is 1. The number of aliphatic imine (C=N–C) groups is 1. The third kappa shape index (κ3) is 4.42. The average Bonchev–Trinajstić information content (AvgIpc) is 3.16. The number of amides is 1. The Balaban J connectivity index is 1.71. The number of aromatic nitrogens is 3. The van der Waals surface area contributed by atoms with E-state index in [0.717, 1.165) is 17.7 Å². The smallest absolute Gasteiger partial charge is 0.262 e. The third-order valence-electron chi connectivity index (χ3n) is 5.98. The minimum absolute atomic E-state index is 0.0987. The second-order valence-corrected chi connectivity index (χ2v) is 8.49. The summed E-state index contributed by atoms with van der Waals surface area (Å²) in [4.78, 5) is 34.5. The van der Waals surface area contributed by atoms with Crippen LogP contribution in [0.15, 0.2) is 58.7 Å². The molecule has 0 aliphatic carbocycles. The number of rotatable bonds is 6. The van der Waals surface area contributed by atoms with Crippen molar-refractivity contribution in [2.45, 2.75) is 25.0 Å². The van der Waals surface area contributed by atoms with Crippen LogP contribution in [0.5, 0.6) is 0 Å². The highest BCUT2D eigenvalue weighted by Crippen LogP contribution is 2.27. The second kappa shape index (κ2) is 9.21. The van der Waals surface area contributed by atoms with Crippen molar-refractivity contribution in [2.24, 2.45) is 10.7 Å². The van der Waals surface area contributed by atoms with Crippen LogP contribution >= 0.6 is 11.6 Å². The number of fused-ring (bicyclic) bond motifs is 1. The minimum Gasteiger partial charge on any atom is -0.405 e. The number of carbonyl (C=O) groups is 1. The van der Waals surface area contributed by atoms with Gasteiger partial charge in [-0.3, -0.25) is 23.7 Å². The first-order chi connectivity index (χ1) is 15.9. The fourth-order valence-corrected chi connectivity index (χ4v) is 4.45. The first-order valence-electron chi connectivity index (χ1n) is 10.5. The Morgan fingerprint density at radius 3 is 2.76 bits per heavy atom. The minimum atomic E-state index is -1.08. The summed E-state index contributed by atoms with van der Waals surface area (Å²) >= 11 is 6.53. The van der Waals surface area contributed by atoms with Gasteiger partial charge in [0.05, 0.1) is 23.2 Å². The first-order valence-corrected chi connectivity index (χ1v) is 10.9. The molecule has 1 fully saturated rings. The van der Waals surface area contributed by atoms with E-state index >= 15 is 0 Å². The van der Waals surface area contributed by atoms with Gasteiger partial charge in [-0.15, -0.1) is 0 Å². The third-order valence-corrected chi connectivity index (χ3v) is 6.26. The van der Waals surface area contributed by atoms with Crippen molar-refractivity contribution in [1.29, 1.82) is 0 Å². The molecule has 4 rings (SSSR count). The van der Waals surface area contributed by atoms with Crippen LogP contribution in [0.1, 0.15) is 18.4 Å². The Kier molecular flexibility index (Phi) is 6.35. The standard InChI is InChI=1S/C23H25ClN6O3/c1-26-19(5-8-25)16-3-2-4-17(11-16)30-20(24)12-18-21(30)27-14-29(22(18)32)13-23(33)6-9-28(15-31)10-7-23/h2-5,8,11-12,14-15,33H,6-7,9-10,13,25H2,1H3. The Hall–Kier alpha value is -3.43. The van der Waals surface area contributed by atoms with Crippen LogP contribution in [0.2, 0.25) is 5.15 Å². The van der Waals surface area contributed by atoms with E-state index in [1.807, 2.05) is 24.3 Å². The van der Waals surface area contributed by atoms with Gasteiger partial charge < -0.3 is 15.7 Å². The molecule has 0 radical (unpaired) electrons. The summed E-state index contributed by atoms with van der Waals surface area (Å²) in [5, 5.41) is 11.6. The van der Waals surface area contributed by atoms with E-state index < -0.39 is 5.60 Å². The summed E-state index contributed by atoms with van der Waals surface area (Å²) in [5.41, 5.74) is 6.85. The Labute approximate surface area is 195 Å². The van der Waals surface area contributed by atoms with Crippen LogP contribution in [-0.4, -0.2) is 62.0 Å². The van der Waals surface area contributed by atoms with Gasteiger partial charge >= 0.3 is 0 Å². The van der Waals surface area contributed by atoms with Crippen molar-refractivity contribution in [1.82, 2.24) is 19.0 Å². The zero-order valence-corrected chi connectivity index (χ0v) is 18.9. The highest BCUT2D eigenvalue weighted by Gasteiger charge is 2.33. The molecule has 0 spiro atoms. The molecular weight excluding hydrogens is 444 g/mol. The fraction of sp³-hybridized carbons (Fsp3) is 0.304. The van der Waals surface area contributed by atoms with Gasteiger partial charge in [0, 0.05) is 31.4 Å². The summed E-state index contributed by atoms with van der Waals surface area (Å²) in [5.74, 6) is 0. The molecule has 3 aromatic rings. The molecule has 0 atom stereocenters. The van der Waals surface area contributed by atoms with Gasteiger partial charge in [-0.05, 0) is 43.3 Å². The number of aliphatic hydroxyl groups is 1. The number of carbonyl (C=O) groups excluding carboxylic acids is 1. The number of hydrogen-bond donors (Lipinski definition) is 2. The van der Waals surface area contributed by atoms with Gasteiger partial charge in [0.1, 0.15) is 11.5 Å². The largest absolute Gasteiger partial charge is 0.405 e. The zero-order chi connectivity index (χ0) is 23.6. The predicted octanol–water partition coefficient (Wildman–Crippen LogP) is 1.72. The summed E-state index contributed by atoms with van der Waals surface area (Å²) in [6.07, 6.45) is 6.12. The molecule has 1 aliphatic heterocycles. The van der Waals surface area contributed by atoms with Crippen molar-refractivity contribution in [2.75, 3.05) is 20.1 Å². The van der Waals surface area contributed by atoms with Crippen LogP contribution in [0.25, 0.3) is 16.7 Å². The molecule has 10 heteroatoms. The van der Waals surface area contributed by atoms with Crippen LogP contribution in [-0.2, 0) is 11.3 Å². The van der Waals surface area contributed by atoms with Gasteiger partial charge in [0.15, 0.2) is 5.65 Å². The lowest BCUT2D eigenvalue weighted by atomic mass is 9.91. The topological polar surface area (TPSA) is 119 Å². The van der Waals surface area contributed by atoms with Crippen LogP contribution < -0.4 is 11.3 Å². The molecule has 1 amide bonds. The molecular formula is C23H25ClN6O3. The molecule has 33 heavy (non-hydrogen) atoms. The van der Waals surface area contributed by atoms with Gasteiger partial charge in [0.25, 0.3) is 5.56 Å². The number of nitrogens with zero attached hydrogens (tertiary/aromatic N) is 5. The Morgan fingerprint density at radius 1 is 1.33 bits per heavy atom. The molecule has 1 saturated heterocycles. The van der Waals surface area contributed by atoms with Crippen molar-refractivity contribution in [3.05, 3.63) is 70.0 Å². The number of allylic oxidation sites excluding steroid dienone is 1. The zero-order valence-electron chi connectivity index (χ0n) is 18.2. The van der Waals surface area contributed by atoms with Gasteiger partial charge in [0.2, 0.25) is 6.41 Å². The lowest BCUT2D eigenvalue weighted by Gasteiger charge is -2.36. The monoisotopic (exact) mass is 468 g/mol. The molecule has 0 bridgehead atoms. The second-order valence-electron chi connectivity index (χ2n) is 8.10. The maximum atomic E-state index is 13.2. The molecule has 1 aromatic carbocycles. The number of piperidine rings is 1. The van der Waals surface area contributed by atoms with Crippen molar-refractivity contribution >= 4 is 34.8 Å². The van der Waals surface area contributed by atoms with E-state index in [-0.39, 0.29) is 12.1 Å². The summed E-state index contributed by atoms with van der Waals surface area (Å²) < 4.78 is 3.10. The molecule has 0 unspecified atom stereocenters. The van der Waals surface area contributed by atoms with E-state index in [1.54, 1.807) is 28.7 Å². The number of hydrogen-bond acceptors (Lipinski definition) is 6. The Bertz CT molecular complexity index is 1300. The average molecular weight is 469 g/mol. The lowest BCUT2D eigenvalue weighted by Crippen LogP contribution is -2.47. The summed E-state index contributed by atoms with van der Waals surface area (Å²) in [6, 6.07) is 9.12. The molecule has 172 valence electrons. The van der Waals surface area contributed by atoms with Crippen molar-refractivity contribution < 1.29 is 9.90 Å². The van der Waals surface area contributed by atoms with E-state index in [0.29, 0.717) is 47.8 Å². The molecule has 9 nitrogen and oxygen atoms in total. The van der Waals surface area contributed by atoms with E-state index in [9.17, 15) is 14.7 Å². The molecule has 3 heterocycles. The normalized spacial score (nSPS) is 16.6. The maximum absolute atomic E-state index is 13.2. The SMILES string of the molecule is CN=C(C=CN)c1cccc(-n2c(Cl)cc3c(=O)n(CC4(O)CCN(C=O)CC4)cnc32)c1. The molecule has 3 N–H and O–H groups in total. The van der Waals surface area contributed by atoms with Crippen molar-refractivity contribution in [3.8, 4) is 5.69 Å². The quantitative estimate of drug-likeness (QED) is 0.421. The lowest BCUT2D eigenvalue weighted by molar-refractivity contribution is -0.122. The first kappa shape index (κ1) is 22.8. The van der Waals surface area contributed by atoms with E-state index in [1.165, 1.54) is 17.1 Å². The maximum Gasteiger partial charge on any atom is 0.262 e. The number of benzene rings is 1. The van der Waals surface area contributed by atoms with Gasteiger partial charge in [-0.2, -0.15) is 0 Å². The fourth-order valence-electron chi connectivity index (χ4n) is 4.16. The molecule has 2 aromatic heterocycles. The highest BCUT2D eigenvalue weighted by molar-refractivity contribution is 6.31.